The van der Waals surface area contributed by atoms with Gasteiger partial charge in [-0.25, -0.2) is 4.39 Å². The average Bonchev–Trinajstić information content (AvgIpc) is 3.12. The van der Waals surface area contributed by atoms with Crippen LogP contribution in [0.5, 0.6) is 0 Å². The SMILES string of the molecule is O=C(C=Cc1cccnc1)N1CCC2(CCCN(Cc3ccccc3F)C2)C1. The third kappa shape index (κ3) is 4.30. The second-order valence-electron chi connectivity index (χ2n) is 8.04. The van der Waals surface area contributed by atoms with Gasteiger partial charge in [0.15, 0.2) is 0 Å². The van der Waals surface area contributed by atoms with E-state index in [9.17, 15) is 9.18 Å². The van der Waals surface area contributed by atoms with E-state index in [0.29, 0.717) is 6.54 Å². The van der Waals surface area contributed by atoms with Crippen LogP contribution in [0.2, 0.25) is 0 Å². The summed E-state index contributed by atoms with van der Waals surface area (Å²) in [5, 5.41) is 0. The van der Waals surface area contributed by atoms with E-state index >= 15 is 0 Å². The molecule has 2 fully saturated rings. The number of nitrogens with zero attached hydrogens (tertiary/aromatic N) is 3. The van der Waals surface area contributed by atoms with Gasteiger partial charge in [0.25, 0.3) is 0 Å². The normalized spacial score (nSPS) is 23.0. The first-order valence-corrected chi connectivity index (χ1v) is 9.96. The number of aromatic nitrogens is 1. The van der Waals surface area contributed by atoms with E-state index in [1.54, 1.807) is 24.5 Å². The Morgan fingerprint density at radius 3 is 2.86 bits per heavy atom. The molecule has 1 spiro atoms. The van der Waals surface area contributed by atoms with Crippen LogP contribution in [-0.4, -0.2) is 46.9 Å². The van der Waals surface area contributed by atoms with Crippen molar-refractivity contribution in [2.24, 2.45) is 5.41 Å². The molecule has 1 atom stereocenters. The Kier molecular flexibility index (Phi) is 5.53. The Hall–Kier alpha value is -2.53. The van der Waals surface area contributed by atoms with Crippen LogP contribution in [-0.2, 0) is 11.3 Å². The summed E-state index contributed by atoms with van der Waals surface area (Å²) in [4.78, 5) is 21.0. The molecular weight excluding hydrogens is 353 g/mol. The fourth-order valence-corrected chi connectivity index (χ4v) is 4.52. The number of halogens is 1. The third-order valence-corrected chi connectivity index (χ3v) is 5.95. The van der Waals surface area contributed by atoms with Crippen molar-refractivity contribution < 1.29 is 9.18 Å². The first-order chi connectivity index (χ1) is 13.6. The summed E-state index contributed by atoms with van der Waals surface area (Å²) in [7, 11) is 0. The van der Waals surface area contributed by atoms with Gasteiger partial charge in [0.2, 0.25) is 5.91 Å². The highest BCUT2D eigenvalue weighted by molar-refractivity contribution is 5.92. The Labute approximate surface area is 165 Å². The van der Waals surface area contributed by atoms with E-state index in [-0.39, 0.29) is 17.1 Å². The topological polar surface area (TPSA) is 36.4 Å². The van der Waals surface area contributed by atoms with Gasteiger partial charge in [0.1, 0.15) is 5.82 Å². The van der Waals surface area contributed by atoms with Crippen LogP contribution in [0, 0.1) is 11.2 Å². The van der Waals surface area contributed by atoms with Crippen LogP contribution in [0.3, 0.4) is 0 Å². The van der Waals surface area contributed by atoms with Crippen LogP contribution in [0.15, 0.2) is 54.9 Å². The molecule has 5 heteroatoms. The lowest BCUT2D eigenvalue weighted by atomic mass is 9.79. The lowest BCUT2D eigenvalue weighted by Crippen LogP contribution is -2.44. The minimum absolute atomic E-state index is 0.0620. The van der Waals surface area contributed by atoms with E-state index < -0.39 is 0 Å². The number of hydrogen-bond donors (Lipinski definition) is 0. The maximum atomic E-state index is 14.0. The number of rotatable bonds is 4. The molecule has 4 rings (SSSR count). The van der Waals surface area contributed by atoms with Crippen molar-refractivity contribution in [1.29, 1.82) is 0 Å². The molecule has 3 heterocycles. The molecule has 0 saturated carbocycles. The number of benzene rings is 1. The number of carbonyl (C=O) groups is 1. The van der Waals surface area contributed by atoms with Crippen molar-refractivity contribution in [1.82, 2.24) is 14.8 Å². The molecule has 2 aliphatic heterocycles. The molecule has 1 aromatic heterocycles. The smallest absolute Gasteiger partial charge is 0.246 e. The van der Waals surface area contributed by atoms with E-state index in [1.807, 2.05) is 35.2 Å². The number of piperidine rings is 1. The number of carbonyl (C=O) groups excluding carboxylic acids is 1. The van der Waals surface area contributed by atoms with Gasteiger partial charge >= 0.3 is 0 Å². The van der Waals surface area contributed by atoms with Crippen molar-refractivity contribution in [2.75, 3.05) is 26.2 Å². The monoisotopic (exact) mass is 379 g/mol. The number of hydrogen-bond acceptors (Lipinski definition) is 3. The second kappa shape index (κ2) is 8.23. The quantitative estimate of drug-likeness (QED) is 0.759. The van der Waals surface area contributed by atoms with E-state index in [0.717, 1.165) is 56.6 Å². The standard InChI is InChI=1S/C23H26FN3O/c24-21-7-2-1-6-20(21)16-26-13-4-10-23(17-26)11-14-27(18-23)22(28)9-8-19-5-3-12-25-15-19/h1-3,5-9,12,15H,4,10-11,13-14,16-18H2. The van der Waals surface area contributed by atoms with Gasteiger partial charge in [-0.1, -0.05) is 24.3 Å². The zero-order valence-electron chi connectivity index (χ0n) is 16.1. The first kappa shape index (κ1) is 18.8. The Morgan fingerprint density at radius 1 is 1.14 bits per heavy atom. The van der Waals surface area contributed by atoms with E-state index in [4.69, 9.17) is 0 Å². The molecule has 2 aliphatic rings. The highest BCUT2D eigenvalue weighted by atomic mass is 19.1. The predicted molar refractivity (Wildman–Crippen MR) is 108 cm³/mol. The zero-order valence-corrected chi connectivity index (χ0v) is 16.1. The highest BCUT2D eigenvalue weighted by Gasteiger charge is 2.42. The Bertz CT molecular complexity index is 854. The highest BCUT2D eigenvalue weighted by Crippen LogP contribution is 2.39. The third-order valence-electron chi connectivity index (χ3n) is 5.95. The second-order valence-corrected chi connectivity index (χ2v) is 8.04. The van der Waals surface area contributed by atoms with Crippen molar-refractivity contribution in [3.63, 3.8) is 0 Å². The van der Waals surface area contributed by atoms with Crippen LogP contribution < -0.4 is 0 Å². The van der Waals surface area contributed by atoms with Gasteiger partial charge in [0, 0.05) is 55.6 Å². The number of amides is 1. The summed E-state index contributed by atoms with van der Waals surface area (Å²) in [6, 6.07) is 10.8. The summed E-state index contributed by atoms with van der Waals surface area (Å²) in [6.07, 6.45) is 10.2. The van der Waals surface area contributed by atoms with E-state index in [2.05, 4.69) is 9.88 Å². The molecule has 1 aromatic carbocycles. The summed E-state index contributed by atoms with van der Waals surface area (Å²) in [6.45, 7) is 4.15. The summed E-state index contributed by atoms with van der Waals surface area (Å²) in [5.41, 5.74) is 1.82. The van der Waals surface area contributed by atoms with Crippen molar-refractivity contribution >= 4 is 12.0 Å². The van der Waals surface area contributed by atoms with Gasteiger partial charge in [0.05, 0.1) is 0 Å². The summed E-state index contributed by atoms with van der Waals surface area (Å²) < 4.78 is 14.0. The minimum atomic E-state index is -0.133. The molecule has 28 heavy (non-hydrogen) atoms. The van der Waals surface area contributed by atoms with Crippen molar-refractivity contribution in [3.05, 3.63) is 71.8 Å². The fraction of sp³-hybridized carbons (Fsp3) is 0.391. The first-order valence-electron chi connectivity index (χ1n) is 9.96. The van der Waals surface area contributed by atoms with E-state index in [1.165, 1.54) is 6.07 Å². The summed E-state index contributed by atoms with van der Waals surface area (Å²) in [5.74, 6) is -0.0714. The molecule has 0 N–H and O–H groups in total. The Morgan fingerprint density at radius 2 is 2.04 bits per heavy atom. The lowest BCUT2D eigenvalue weighted by Gasteiger charge is -2.40. The maximum absolute atomic E-state index is 14.0. The van der Waals surface area contributed by atoms with Gasteiger partial charge in [-0.2, -0.15) is 0 Å². The van der Waals surface area contributed by atoms with Gasteiger partial charge in [-0.15, -0.1) is 0 Å². The van der Waals surface area contributed by atoms with Gasteiger partial charge in [-0.3, -0.25) is 14.7 Å². The largest absolute Gasteiger partial charge is 0.339 e. The van der Waals surface area contributed by atoms with Gasteiger partial charge < -0.3 is 4.90 Å². The molecule has 4 nitrogen and oxygen atoms in total. The molecular formula is C23H26FN3O. The van der Waals surface area contributed by atoms with Crippen LogP contribution in [0.1, 0.15) is 30.4 Å². The van der Waals surface area contributed by atoms with Crippen LogP contribution >= 0.6 is 0 Å². The van der Waals surface area contributed by atoms with Crippen molar-refractivity contribution in [3.8, 4) is 0 Å². The zero-order chi connectivity index (χ0) is 19.4. The maximum Gasteiger partial charge on any atom is 0.246 e. The minimum Gasteiger partial charge on any atom is -0.339 e. The van der Waals surface area contributed by atoms with Gasteiger partial charge in [-0.05, 0) is 49.6 Å². The fourth-order valence-electron chi connectivity index (χ4n) is 4.52. The number of likely N-dealkylation sites (tertiary alicyclic amines) is 2. The molecule has 2 aromatic rings. The average molecular weight is 379 g/mol. The molecule has 0 bridgehead atoms. The molecule has 146 valence electrons. The molecule has 1 amide bonds. The van der Waals surface area contributed by atoms with Crippen LogP contribution in [0.25, 0.3) is 6.08 Å². The molecule has 1 unspecified atom stereocenters. The summed E-state index contributed by atoms with van der Waals surface area (Å²) >= 11 is 0. The van der Waals surface area contributed by atoms with Crippen molar-refractivity contribution in [2.45, 2.75) is 25.8 Å². The molecule has 0 radical (unpaired) electrons. The lowest BCUT2D eigenvalue weighted by molar-refractivity contribution is -0.125. The Balaban J connectivity index is 1.37. The van der Waals surface area contributed by atoms with Crippen LogP contribution in [0.4, 0.5) is 4.39 Å². The molecule has 2 saturated heterocycles. The predicted octanol–water partition coefficient (Wildman–Crippen LogP) is 3.75. The number of pyridine rings is 1. The molecule has 0 aliphatic carbocycles.